The molecule has 0 saturated heterocycles. The third-order valence-electron chi connectivity index (χ3n) is 6.24. The molecule has 1 aromatic heterocycles. The van der Waals surface area contributed by atoms with E-state index < -0.39 is 23.6 Å². The fourth-order valence-electron chi connectivity index (χ4n) is 4.45. The standard InChI is InChI=1S/C27H35NO4S/c1-15(2)17-7-9-18(10-8-17)22-21(23(26(30)31)32-27(4,5)6)16(3)33-24(22)19-11-13-20(14-12-19)25(28)29/h9,11-15,17,23H,7-8,10H2,1-6H3,(H2,28,29)(H,30,31). The number of benzene rings is 1. The second-order valence-electron chi connectivity index (χ2n) is 10.2. The molecule has 1 aliphatic carbocycles. The minimum absolute atomic E-state index is 0.449. The van der Waals surface area contributed by atoms with Crippen LogP contribution in [0.1, 0.15) is 86.3 Å². The Balaban J connectivity index is 2.19. The molecule has 0 aliphatic heterocycles. The summed E-state index contributed by atoms with van der Waals surface area (Å²) in [6, 6.07) is 7.22. The average Bonchev–Trinajstić information content (AvgIpc) is 3.08. The monoisotopic (exact) mass is 469 g/mol. The van der Waals surface area contributed by atoms with Crippen molar-refractivity contribution in [3.8, 4) is 10.4 Å². The van der Waals surface area contributed by atoms with Crippen LogP contribution in [0.2, 0.25) is 0 Å². The minimum Gasteiger partial charge on any atom is -0.479 e. The first kappa shape index (κ1) is 25.2. The fraction of sp³-hybridized carbons (Fsp3) is 0.481. The van der Waals surface area contributed by atoms with Crippen molar-refractivity contribution in [1.29, 1.82) is 0 Å². The van der Waals surface area contributed by atoms with E-state index in [4.69, 9.17) is 10.5 Å². The zero-order valence-corrected chi connectivity index (χ0v) is 21.2. The quantitative estimate of drug-likeness (QED) is 0.478. The van der Waals surface area contributed by atoms with E-state index in [1.165, 1.54) is 5.57 Å². The van der Waals surface area contributed by atoms with E-state index in [-0.39, 0.29) is 0 Å². The molecular weight excluding hydrogens is 434 g/mol. The van der Waals surface area contributed by atoms with Crippen LogP contribution >= 0.6 is 11.3 Å². The van der Waals surface area contributed by atoms with E-state index in [0.29, 0.717) is 17.4 Å². The molecule has 0 spiro atoms. The number of carboxylic acid groups (broad SMARTS) is 1. The predicted molar refractivity (Wildman–Crippen MR) is 134 cm³/mol. The number of aliphatic carboxylic acids is 1. The third kappa shape index (κ3) is 5.74. The predicted octanol–water partition coefficient (Wildman–Crippen LogP) is 6.60. The van der Waals surface area contributed by atoms with Crippen molar-refractivity contribution < 1.29 is 19.4 Å². The number of carbonyl (C=O) groups is 2. The number of hydrogen-bond donors (Lipinski definition) is 2. The largest absolute Gasteiger partial charge is 0.479 e. The number of thiophene rings is 1. The highest BCUT2D eigenvalue weighted by atomic mass is 32.1. The summed E-state index contributed by atoms with van der Waals surface area (Å²) in [5.41, 5.74) is 9.11. The van der Waals surface area contributed by atoms with Gasteiger partial charge in [0.1, 0.15) is 0 Å². The Morgan fingerprint density at radius 3 is 2.27 bits per heavy atom. The number of aryl methyl sites for hydroxylation is 1. The lowest BCUT2D eigenvalue weighted by atomic mass is 9.79. The Kier molecular flexibility index (Phi) is 7.49. The van der Waals surface area contributed by atoms with Crippen LogP contribution in [0.3, 0.4) is 0 Å². The molecule has 3 N–H and O–H groups in total. The summed E-state index contributed by atoms with van der Waals surface area (Å²) in [6.45, 7) is 12.1. The van der Waals surface area contributed by atoms with Crippen LogP contribution in [-0.4, -0.2) is 22.6 Å². The van der Waals surface area contributed by atoms with Crippen LogP contribution in [0.15, 0.2) is 30.3 Å². The summed E-state index contributed by atoms with van der Waals surface area (Å²) in [6.07, 6.45) is 4.20. The molecular formula is C27H35NO4S. The van der Waals surface area contributed by atoms with Crippen LogP contribution in [0.25, 0.3) is 16.0 Å². The van der Waals surface area contributed by atoms with Crippen molar-refractivity contribution in [2.75, 3.05) is 0 Å². The van der Waals surface area contributed by atoms with Gasteiger partial charge in [-0.2, -0.15) is 0 Å². The first-order valence-electron chi connectivity index (χ1n) is 11.5. The molecule has 0 fully saturated rings. The van der Waals surface area contributed by atoms with Crippen LogP contribution in [0.5, 0.6) is 0 Å². The van der Waals surface area contributed by atoms with E-state index in [1.54, 1.807) is 23.5 Å². The molecule has 0 bridgehead atoms. The molecule has 1 aromatic carbocycles. The second kappa shape index (κ2) is 9.82. The maximum absolute atomic E-state index is 12.4. The van der Waals surface area contributed by atoms with Crippen LogP contribution in [0, 0.1) is 18.8 Å². The highest BCUT2D eigenvalue weighted by Crippen LogP contribution is 2.47. The van der Waals surface area contributed by atoms with E-state index in [9.17, 15) is 14.7 Å². The van der Waals surface area contributed by atoms with Crippen molar-refractivity contribution in [3.63, 3.8) is 0 Å². The van der Waals surface area contributed by atoms with E-state index in [2.05, 4.69) is 19.9 Å². The van der Waals surface area contributed by atoms with Crippen LogP contribution < -0.4 is 5.73 Å². The van der Waals surface area contributed by atoms with Gasteiger partial charge in [-0.15, -0.1) is 11.3 Å². The lowest BCUT2D eigenvalue weighted by Crippen LogP contribution is -2.28. The topological polar surface area (TPSA) is 89.6 Å². The number of primary amides is 1. The highest BCUT2D eigenvalue weighted by Gasteiger charge is 2.34. The second-order valence-corrected chi connectivity index (χ2v) is 11.4. The smallest absolute Gasteiger partial charge is 0.337 e. The molecule has 33 heavy (non-hydrogen) atoms. The van der Waals surface area contributed by atoms with Gasteiger partial charge in [-0.05, 0) is 82.1 Å². The van der Waals surface area contributed by atoms with Crippen molar-refractivity contribution in [2.24, 2.45) is 17.6 Å². The maximum Gasteiger partial charge on any atom is 0.337 e. The molecule has 2 atom stereocenters. The summed E-state index contributed by atoms with van der Waals surface area (Å²) in [7, 11) is 0. The molecule has 0 saturated carbocycles. The number of hydrogen-bond acceptors (Lipinski definition) is 4. The zero-order chi connectivity index (χ0) is 24.5. The lowest BCUT2D eigenvalue weighted by molar-refractivity contribution is -0.160. The molecule has 3 rings (SSSR count). The molecule has 1 aliphatic rings. The van der Waals surface area contributed by atoms with Crippen LogP contribution in [-0.2, 0) is 9.53 Å². The van der Waals surface area contributed by atoms with Gasteiger partial charge in [0.15, 0.2) is 6.10 Å². The molecule has 2 unspecified atom stereocenters. The molecule has 178 valence electrons. The third-order valence-corrected chi connectivity index (χ3v) is 7.41. The van der Waals surface area contributed by atoms with Gasteiger partial charge in [-0.3, -0.25) is 4.79 Å². The molecule has 2 aromatic rings. The Labute approximate surface area is 200 Å². The van der Waals surface area contributed by atoms with Gasteiger partial charge in [-0.25, -0.2) is 4.79 Å². The van der Waals surface area contributed by atoms with Gasteiger partial charge in [-0.1, -0.05) is 32.1 Å². The van der Waals surface area contributed by atoms with Crippen molar-refractivity contribution in [3.05, 3.63) is 51.9 Å². The van der Waals surface area contributed by atoms with Gasteiger partial charge in [0, 0.05) is 26.4 Å². The first-order chi connectivity index (χ1) is 15.4. The number of allylic oxidation sites excluding steroid dienone is 2. The van der Waals surface area contributed by atoms with Crippen molar-refractivity contribution in [2.45, 2.75) is 72.5 Å². The SMILES string of the molecule is Cc1sc(-c2ccc(C(N)=O)cc2)c(C2=CCC(C(C)C)CC2)c1C(OC(C)(C)C)C(=O)O. The summed E-state index contributed by atoms with van der Waals surface area (Å²) in [5, 5.41) is 10.1. The number of nitrogens with two attached hydrogens (primary N) is 1. The lowest BCUT2D eigenvalue weighted by Gasteiger charge is -2.29. The molecule has 1 amide bonds. The van der Waals surface area contributed by atoms with E-state index >= 15 is 0 Å². The molecule has 1 heterocycles. The van der Waals surface area contributed by atoms with Gasteiger partial charge in [0.05, 0.1) is 5.60 Å². The van der Waals surface area contributed by atoms with Crippen molar-refractivity contribution >= 4 is 28.8 Å². The Morgan fingerprint density at radius 2 is 1.82 bits per heavy atom. The summed E-state index contributed by atoms with van der Waals surface area (Å²) in [5.74, 6) is -0.206. The van der Waals surface area contributed by atoms with Gasteiger partial charge in [0.25, 0.3) is 0 Å². The van der Waals surface area contributed by atoms with Crippen LogP contribution in [0.4, 0.5) is 0 Å². The Hall–Kier alpha value is -2.44. The van der Waals surface area contributed by atoms with Gasteiger partial charge in [0.2, 0.25) is 5.91 Å². The van der Waals surface area contributed by atoms with Gasteiger partial charge < -0.3 is 15.6 Å². The Morgan fingerprint density at radius 1 is 1.18 bits per heavy atom. The normalized spacial score (nSPS) is 17.7. The number of amides is 1. The van der Waals surface area contributed by atoms with Gasteiger partial charge >= 0.3 is 5.97 Å². The van der Waals surface area contributed by atoms with E-state index in [1.807, 2.05) is 39.8 Å². The maximum atomic E-state index is 12.4. The van der Waals surface area contributed by atoms with Crippen molar-refractivity contribution in [1.82, 2.24) is 0 Å². The van der Waals surface area contributed by atoms with E-state index in [0.717, 1.165) is 45.7 Å². The molecule has 5 nitrogen and oxygen atoms in total. The molecule has 0 radical (unpaired) electrons. The fourth-order valence-corrected chi connectivity index (χ4v) is 5.68. The minimum atomic E-state index is -1.06. The summed E-state index contributed by atoms with van der Waals surface area (Å²) >= 11 is 1.58. The number of ether oxygens (including phenoxy) is 1. The number of carbonyl (C=O) groups excluding carboxylic acids is 1. The summed E-state index contributed by atoms with van der Waals surface area (Å²) < 4.78 is 6.08. The Bertz CT molecular complexity index is 1060. The molecule has 6 heteroatoms. The summed E-state index contributed by atoms with van der Waals surface area (Å²) in [4.78, 5) is 25.9. The highest BCUT2D eigenvalue weighted by molar-refractivity contribution is 7.16. The first-order valence-corrected chi connectivity index (χ1v) is 12.3. The average molecular weight is 470 g/mol. The number of carboxylic acids is 1. The zero-order valence-electron chi connectivity index (χ0n) is 20.4. The number of rotatable bonds is 7.